The molecule has 0 radical (unpaired) electrons. The normalized spacial score (nSPS) is 15.6. The Morgan fingerprint density at radius 2 is 1.92 bits per heavy atom. The van der Waals surface area contributed by atoms with Gasteiger partial charge in [0.2, 0.25) is 0 Å². The number of hydrogen-bond acceptors (Lipinski definition) is 1. The Labute approximate surface area is 73.2 Å². The summed E-state index contributed by atoms with van der Waals surface area (Å²) in [5.74, 6) is 0. The molecule has 0 aliphatic rings. The summed E-state index contributed by atoms with van der Waals surface area (Å²) in [6, 6.07) is 9.74. The van der Waals surface area contributed by atoms with Gasteiger partial charge in [-0.05, 0) is 12.5 Å². The van der Waals surface area contributed by atoms with Gasteiger partial charge in [0, 0.05) is 0 Å². The second-order valence-corrected chi connectivity index (χ2v) is 3.25. The zero-order valence-electron chi connectivity index (χ0n) is 7.62. The van der Waals surface area contributed by atoms with Gasteiger partial charge in [0.25, 0.3) is 0 Å². The van der Waals surface area contributed by atoms with Crippen LogP contribution in [0.2, 0.25) is 0 Å². The fourth-order valence-corrected chi connectivity index (χ4v) is 1.31. The highest BCUT2D eigenvalue weighted by molar-refractivity contribution is 5.21. The minimum absolute atomic E-state index is 0.691. The summed E-state index contributed by atoms with van der Waals surface area (Å²) >= 11 is 0. The first-order valence-electron chi connectivity index (χ1n) is 4.22. The summed E-state index contributed by atoms with van der Waals surface area (Å²) in [5.41, 5.74) is 0.263. The first kappa shape index (κ1) is 9.23. The van der Waals surface area contributed by atoms with Crippen LogP contribution in [0.15, 0.2) is 30.3 Å². The lowest BCUT2D eigenvalue weighted by molar-refractivity contribution is -0.641. The molecule has 0 amide bonds. The number of aliphatic hydroxyl groups is 1. The van der Waals surface area contributed by atoms with Crippen molar-refractivity contribution in [1.82, 2.24) is 0 Å². The molecule has 66 valence electrons. The Balaban J connectivity index is 2.82. The lowest BCUT2D eigenvalue weighted by Crippen LogP contribution is -2.83. The Hall–Kier alpha value is -0.860. The van der Waals surface area contributed by atoms with Gasteiger partial charge < -0.3 is 10.4 Å². The average Bonchev–Trinajstić information content (AvgIpc) is 2.06. The molecule has 0 aromatic heterocycles. The van der Waals surface area contributed by atoms with E-state index in [1.54, 1.807) is 0 Å². The summed E-state index contributed by atoms with van der Waals surface area (Å²) < 4.78 is 0. The molecule has 0 bridgehead atoms. The SMILES string of the molecule is C[NH2+]C[C@](C)(O)c1ccccc1. The molecule has 0 aliphatic carbocycles. The average molecular weight is 166 g/mol. The molecule has 1 aromatic rings. The summed E-state index contributed by atoms with van der Waals surface area (Å²) in [4.78, 5) is 0. The van der Waals surface area contributed by atoms with E-state index in [9.17, 15) is 5.11 Å². The van der Waals surface area contributed by atoms with Crippen LogP contribution < -0.4 is 5.32 Å². The van der Waals surface area contributed by atoms with Crippen molar-refractivity contribution in [2.45, 2.75) is 12.5 Å². The van der Waals surface area contributed by atoms with Crippen molar-refractivity contribution in [3.63, 3.8) is 0 Å². The van der Waals surface area contributed by atoms with Crippen molar-refractivity contribution in [3.05, 3.63) is 35.9 Å². The fourth-order valence-electron chi connectivity index (χ4n) is 1.31. The first-order valence-corrected chi connectivity index (χ1v) is 4.22. The summed E-state index contributed by atoms with van der Waals surface area (Å²) in [6.07, 6.45) is 0. The Morgan fingerprint density at radius 1 is 1.33 bits per heavy atom. The highest BCUT2D eigenvalue weighted by Gasteiger charge is 2.23. The van der Waals surface area contributed by atoms with Crippen molar-refractivity contribution in [1.29, 1.82) is 0 Å². The van der Waals surface area contributed by atoms with Crippen LogP contribution in [0.5, 0.6) is 0 Å². The van der Waals surface area contributed by atoms with E-state index in [1.165, 1.54) is 0 Å². The van der Waals surface area contributed by atoms with Crippen molar-refractivity contribution in [2.75, 3.05) is 13.6 Å². The lowest BCUT2D eigenvalue weighted by atomic mass is 9.96. The van der Waals surface area contributed by atoms with Gasteiger partial charge >= 0.3 is 0 Å². The van der Waals surface area contributed by atoms with Crippen molar-refractivity contribution in [3.8, 4) is 0 Å². The van der Waals surface area contributed by atoms with Crippen LogP contribution in [0.25, 0.3) is 0 Å². The molecule has 0 spiro atoms. The second-order valence-electron chi connectivity index (χ2n) is 3.25. The van der Waals surface area contributed by atoms with Crippen LogP contribution in [0, 0.1) is 0 Å². The molecule has 0 heterocycles. The van der Waals surface area contributed by atoms with Crippen molar-refractivity contribution in [2.24, 2.45) is 0 Å². The topological polar surface area (TPSA) is 36.8 Å². The van der Waals surface area contributed by atoms with Crippen LogP contribution in [0.3, 0.4) is 0 Å². The van der Waals surface area contributed by atoms with Gasteiger partial charge in [0.05, 0.1) is 7.05 Å². The molecule has 3 N–H and O–H groups in total. The maximum absolute atomic E-state index is 9.95. The fraction of sp³-hybridized carbons (Fsp3) is 0.400. The Kier molecular flexibility index (Phi) is 2.84. The monoisotopic (exact) mass is 166 g/mol. The largest absolute Gasteiger partial charge is 0.380 e. The van der Waals surface area contributed by atoms with E-state index < -0.39 is 5.60 Å². The van der Waals surface area contributed by atoms with Gasteiger partial charge in [-0.25, -0.2) is 0 Å². The van der Waals surface area contributed by atoms with E-state index >= 15 is 0 Å². The van der Waals surface area contributed by atoms with Crippen LogP contribution in [0.4, 0.5) is 0 Å². The smallest absolute Gasteiger partial charge is 0.135 e. The van der Waals surface area contributed by atoms with E-state index in [0.29, 0.717) is 6.54 Å². The molecule has 1 rings (SSSR count). The predicted molar refractivity (Wildman–Crippen MR) is 48.7 cm³/mol. The van der Waals surface area contributed by atoms with Crippen molar-refractivity contribution < 1.29 is 10.4 Å². The molecule has 0 saturated carbocycles. The van der Waals surface area contributed by atoms with Gasteiger partial charge in [0.1, 0.15) is 12.1 Å². The summed E-state index contributed by atoms with van der Waals surface area (Å²) in [7, 11) is 1.96. The van der Waals surface area contributed by atoms with Crippen LogP contribution in [-0.4, -0.2) is 18.7 Å². The third kappa shape index (κ3) is 2.06. The molecule has 0 unspecified atom stereocenters. The number of hydrogen-bond donors (Lipinski definition) is 2. The second kappa shape index (κ2) is 3.70. The standard InChI is InChI=1S/C10H15NO/c1-10(12,8-11-2)9-6-4-3-5-7-9/h3-7,11-12H,8H2,1-2H3/p+1/t10-/m0/s1. The number of quaternary nitrogens is 1. The Bertz CT molecular complexity index is 231. The maximum Gasteiger partial charge on any atom is 0.135 e. The molecular weight excluding hydrogens is 150 g/mol. The number of benzene rings is 1. The third-order valence-corrected chi connectivity index (χ3v) is 2.00. The lowest BCUT2D eigenvalue weighted by Gasteiger charge is -2.20. The number of rotatable bonds is 3. The number of nitrogens with two attached hydrogens (primary N) is 1. The van der Waals surface area contributed by atoms with Crippen molar-refractivity contribution >= 4 is 0 Å². The molecule has 12 heavy (non-hydrogen) atoms. The minimum Gasteiger partial charge on any atom is -0.380 e. The molecule has 1 aromatic carbocycles. The Morgan fingerprint density at radius 3 is 2.42 bits per heavy atom. The zero-order valence-corrected chi connectivity index (χ0v) is 7.62. The quantitative estimate of drug-likeness (QED) is 0.656. The molecule has 1 atom stereocenters. The van der Waals surface area contributed by atoms with Crippen LogP contribution >= 0.6 is 0 Å². The van der Waals surface area contributed by atoms with Crippen LogP contribution in [-0.2, 0) is 5.60 Å². The minimum atomic E-state index is -0.712. The molecule has 0 saturated heterocycles. The van der Waals surface area contributed by atoms with E-state index in [0.717, 1.165) is 5.56 Å². The summed E-state index contributed by atoms with van der Waals surface area (Å²) in [5, 5.41) is 11.9. The third-order valence-electron chi connectivity index (χ3n) is 2.00. The molecule has 2 heteroatoms. The molecule has 0 fully saturated rings. The van der Waals surface area contributed by atoms with Gasteiger partial charge in [-0.2, -0.15) is 0 Å². The van der Waals surface area contributed by atoms with E-state index in [4.69, 9.17) is 0 Å². The first-order chi connectivity index (χ1) is 5.67. The zero-order chi connectivity index (χ0) is 9.03. The predicted octanol–water partition coefficient (Wildman–Crippen LogP) is 0.0873. The summed E-state index contributed by atoms with van der Waals surface area (Å²) in [6.45, 7) is 2.53. The highest BCUT2D eigenvalue weighted by atomic mass is 16.3. The molecule has 0 aliphatic heterocycles. The molecule has 2 nitrogen and oxygen atoms in total. The van der Waals surface area contributed by atoms with E-state index in [1.807, 2.05) is 49.6 Å². The van der Waals surface area contributed by atoms with Gasteiger partial charge in [0.15, 0.2) is 0 Å². The van der Waals surface area contributed by atoms with Crippen LogP contribution in [0.1, 0.15) is 12.5 Å². The van der Waals surface area contributed by atoms with Gasteiger partial charge in [-0.15, -0.1) is 0 Å². The maximum atomic E-state index is 9.95. The van der Waals surface area contributed by atoms with Gasteiger partial charge in [-0.3, -0.25) is 0 Å². The van der Waals surface area contributed by atoms with E-state index in [2.05, 4.69) is 0 Å². The number of likely N-dealkylation sites (N-methyl/N-ethyl adjacent to an activating group) is 1. The van der Waals surface area contributed by atoms with E-state index in [-0.39, 0.29) is 0 Å². The van der Waals surface area contributed by atoms with Gasteiger partial charge in [-0.1, -0.05) is 30.3 Å². The highest BCUT2D eigenvalue weighted by Crippen LogP contribution is 2.17. The molecular formula is C10H16NO+.